The van der Waals surface area contributed by atoms with Crippen LogP contribution in [0.5, 0.6) is 0 Å². The van der Waals surface area contributed by atoms with Crippen molar-refractivity contribution in [3.8, 4) is 0 Å². The van der Waals surface area contributed by atoms with Gasteiger partial charge in [-0.3, -0.25) is 9.69 Å². The summed E-state index contributed by atoms with van der Waals surface area (Å²) in [6, 6.07) is -0.466. The molecule has 1 N–H and O–H groups in total. The van der Waals surface area contributed by atoms with E-state index in [2.05, 4.69) is 5.32 Å². The van der Waals surface area contributed by atoms with Gasteiger partial charge in [-0.05, 0) is 18.0 Å². The molecule has 0 fully saturated rings. The second-order valence-electron chi connectivity index (χ2n) is 1.96. The van der Waals surface area contributed by atoms with Crippen LogP contribution in [0.3, 0.4) is 0 Å². The van der Waals surface area contributed by atoms with Crippen molar-refractivity contribution < 1.29 is 9.59 Å². The maximum Gasteiger partial charge on any atom is 0.324 e. The number of hydrogen-bond acceptors (Lipinski definition) is 2. The average molecular weight is 179 g/mol. The van der Waals surface area contributed by atoms with E-state index in [9.17, 15) is 9.59 Å². The number of amides is 3. The summed E-state index contributed by atoms with van der Waals surface area (Å²) in [7, 11) is 1.45. The van der Waals surface area contributed by atoms with Crippen LogP contribution in [0, 0.1) is 0 Å². The van der Waals surface area contributed by atoms with Gasteiger partial charge in [-0.2, -0.15) is 0 Å². The summed E-state index contributed by atoms with van der Waals surface area (Å²) in [5.74, 6) is 0. The summed E-state index contributed by atoms with van der Waals surface area (Å²) >= 11 is 5.12. The van der Waals surface area contributed by atoms with Crippen molar-refractivity contribution >= 4 is 23.0 Å². The summed E-state index contributed by atoms with van der Waals surface area (Å²) in [6.45, 7) is 2.21. The zero-order valence-corrected chi connectivity index (χ0v) is 7.31. The van der Waals surface area contributed by atoms with Gasteiger partial charge in [-0.25, -0.2) is 4.79 Å². The fourth-order valence-corrected chi connectivity index (χ4v) is 0.789. The molecule has 0 saturated heterocycles. The van der Waals surface area contributed by atoms with E-state index in [1.165, 1.54) is 7.05 Å². The Hall–Kier alpha value is -0.770. The van der Waals surface area contributed by atoms with E-state index in [0.29, 0.717) is 13.0 Å². The van der Waals surface area contributed by atoms with Crippen LogP contribution in [0.4, 0.5) is 9.59 Å². The molecule has 0 aliphatic rings. The van der Waals surface area contributed by atoms with E-state index in [1.54, 1.807) is 0 Å². The molecule has 0 aromatic heterocycles. The van der Waals surface area contributed by atoms with Crippen LogP contribution < -0.4 is 5.32 Å². The summed E-state index contributed by atoms with van der Waals surface area (Å²) < 4.78 is 0. The van der Waals surface area contributed by atoms with Crippen molar-refractivity contribution in [3.63, 3.8) is 0 Å². The molecule has 3 amide bonds. The number of urea groups is 1. The Balaban J connectivity index is 4.09. The molecule has 0 atom stereocenters. The zero-order chi connectivity index (χ0) is 8.85. The molecule has 5 heteroatoms. The summed E-state index contributed by atoms with van der Waals surface area (Å²) in [5, 5.41) is 1.57. The van der Waals surface area contributed by atoms with Crippen LogP contribution in [0.1, 0.15) is 13.3 Å². The van der Waals surface area contributed by atoms with Gasteiger partial charge in [0.2, 0.25) is 0 Å². The Morgan fingerprint density at radius 1 is 1.55 bits per heavy atom. The smallest absolute Gasteiger partial charge is 0.324 e. The first kappa shape index (κ1) is 10.2. The fraction of sp³-hybridized carbons (Fsp3) is 0.667. The predicted molar refractivity (Wildman–Crippen MR) is 42.7 cm³/mol. The third-order valence-corrected chi connectivity index (χ3v) is 1.32. The minimum atomic E-state index is -0.744. The van der Waals surface area contributed by atoms with Gasteiger partial charge < -0.3 is 5.32 Å². The maximum absolute atomic E-state index is 10.9. The predicted octanol–water partition coefficient (Wildman–Crippen LogP) is 1.40. The van der Waals surface area contributed by atoms with E-state index in [1.807, 2.05) is 6.92 Å². The molecule has 0 radical (unpaired) electrons. The van der Waals surface area contributed by atoms with E-state index >= 15 is 0 Å². The van der Waals surface area contributed by atoms with Crippen molar-refractivity contribution in [2.75, 3.05) is 13.6 Å². The van der Waals surface area contributed by atoms with E-state index < -0.39 is 11.4 Å². The third-order valence-electron chi connectivity index (χ3n) is 1.12. The van der Waals surface area contributed by atoms with Crippen LogP contribution in [0.2, 0.25) is 0 Å². The lowest BCUT2D eigenvalue weighted by Gasteiger charge is -2.15. The van der Waals surface area contributed by atoms with E-state index in [0.717, 1.165) is 4.90 Å². The molecule has 0 aliphatic carbocycles. The summed E-state index contributed by atoms with van der Waals surface area (Å²) in [6.07, 6.45) is 0.700. The van der Waals surface area contributed by atoms with Gasteiger partial charge in [0.25, 0.3) is 0 Å². The van der Waals surface area contributed by atoms with Gasteiger partial charge in [0.05, 0.1) is 0 Å². The lowest BCUT2D eigenvalue weighted by molar-refractivity contribution is 0.200. The molecule has 0 aliphatic heterocycles. The third kappa shape index (κ3) is 3.23. The number of carbonyl (C=O) groups is 2. The minimum absolute atomic E-state index is 0.349. The number of nitrogens with zero attached hydrogens (tertiary/aromatic N) is 1. The van der Waals surface area contributed by atoms with Crippen molar-refractivity contribution in [2.24, 2.45) is 0 Å². The number of imide groups is 1. The molecule has 0 bridgehead atoms. The Morgan fingerprint density at radius 2 is 2.09 bits per heavy atom. The summed E-state index contributed by atoms with van der Waals surface area (Å²) in [5.41, 5.74) is 0. The number of rotatable bonds is 2. The highest BCUT2D eigenvalue weighted by atomic mass is 35.5. The highest BCUT2D eigenvalue weighted by Gasteiger charge is 2.16. The van der Waals surface area contributed by atoms with Crippen LogP contribution >= 0.6 is 11.6 Å². The normalized spacial score (nSPS) is 9.00. The first-order valence-electron chi connectivity index (χ1n) is 3.32. The summed E-state index contributed by atoms with van der Waals surface area (Å²) in [4.78, 5) is 22.4. The van der Waals surface area contributed by atoms with Crippen molar-refractivity contribution in [3.05, 3.63) is 0 Å². The van der Waals surface area contributed by atoms with Gasteiger partial charge in [-0.15, -0.1) is 0 Å². The molecule has 0 saturated carbocycles. The Morgan fingerprint density at radius 3 is 2.36 bits per heavy atom. The Bertz CT molecular complexity index is 161. The molecule has 0 spiro atoms. The largest absolute Gasteiger partial charge is 0.341 e. The minimum Gasteiger partial charge on any atom is -0.341 e. The molecule has 64 valence electrons. The zero-order valence-electron chi connectivity index (χ0n) is 6.56. The monoisotopic (exact) mass is 178 g/mol. The SMILES string of the molecule is CCCN(C(=O)Cl)C(=O)NC. The first-order chi connectivity index (χ1) is 5.13. The highest BCUT2D eigenvalue weighted by molar-refractivity contribution is 6.64. The Labute approximate surface area is 70.5 Å². The standard InChI is InChI=1S/C6H11ClN2O2/c1-3-4-9(5(7)10)6(11)8-2/h3-4H2,1-2H3,(H,8,11). The lowest BCUT2D eigenvalue weighted by atomic mass is 10.4. The number of carbonyl (C=O) groups excluding carboxylic acids is 2. The van der Waals surface area contributed by atoms with Crippen molar-refractivity contribution in [1.29, 1.82) is 0 Å². The molecule has 0 heterocycles. The molecular weight excluding hydrogens is 168 g/mol. The molecule has 0 unspecified atom stereocenters. The second kappa shape index (κ2) is 4.96. The molecular formula is C6H11ClN2O2. The average Bonchev–Trinajstić information content (AvgIpc) is 1.98. The van der Waals surface area contributed by atoms with Gasteiger partial charge in [0.1, 0.15) is 0 Å². The molecule has 0 aromatic rings. The van der Waals surface area contributed by atoms with Crippen LogP contribution in [-0.2, 0) is 0 Å². The number of hydrogen-bond donors (Lipinski definition) is 1. The quantitative estimate of drug-likeness (QED) is 0.513. The fourth-order valence-electron chi connectivity index (χ4n) is 0.628. The topological polar surface area (TPSA) is 49.4 Å². The van der Waals surface area contributed by atoms with E-state index in [-0.39, 0.29) is 0 Å². The van der Waals surface area contributed by atoms with Crippen molar-refractivity contribution in [1.82, 2.24) is 10.2 Å². The van der Waals surface area contributed by atoms with Gasteiger partial charge in [0.15, 0.2) is 0 Å². The van der Waals surface area contributed by atoms with Gasteiger partial charge in [-0.1, -0.05) is 6.92 Å². The molecule has 4 nitrogen and oxygen atoms in total. The van der Waals surface area contributed by atoms with Crippen LogP contribution in [0.25, 0.3) is 0 Å². The lowest BCUT2D eigenvalue weighted by Crippen LogP contribution is -2.40. The molecule has 0 aromatic carbocycles. The molecule has 11 heavy (non-hydrogen) atoms. The van der Waals surface area contributed by atoms with Gasteiger partial charge >= 0.3 is 11.4 Å². The Kier molecular flexibility index (Phi) is 4.61. The molecule has 0 rings (SSSR count). The highest BCUT2D eigenvalue weighted by Crippen LogP contribution is 1.98. The first-order valence-corrected chi connectivity index (χ1v) is 3.70. The van der Waals surface area contributed by atoms with Crippen LogP contribution in [0.15, 0.2) is 0 Å². The van der Waals surface area contributed by atoms with Crippen molar-refractivity contribution in [2.45, 2.75) is 13.3 Å². The van der Waals surface area contributed by atoms with Crippen LogP contribution in [-0.4, -0.2) is 29.9 Å². The number of halogens is 1. The number of nitrogens with one attached hydrogen (secondary N) is 1. The maximum atomic E-state index is 10.9. The van der Waals surface area contributed by atoms with E-state index in [4.69, 9.17) is 11.6 Å². The second-order valence-corrected chi connectivity index (χ2v) is 2.28. The van der Waals surface area contributed by atoms with Gasteiger partial charge in [0, 0.05) is 13.6 Å².